The first-order chi connectivity index (χ1) is 15.7. The van der Waals surface area contributed by atoms with Crippen LogP contribution in [0.1, 0.15) is 56.6 Å². The number of hydrogen-bond donors (Lipinski definition) is 1. The quantitative estimate of drug-likeness (QED) is 0.399. The summed E-state index contributed by atoms with van der Waals surface area (Å²) < 4.78 is 7.65. The lowest BCUT2D eigenvalue weighted by Crippen LogP contribution is -2.32. The Balaban J connectivity index is 1.84. The highest BCUT2D eigenvalue weighted by Crippen LogP contribution is 2.24. The second kappa shape index (κ2) is 10.3. The molecule has 8 nitrogen and oxygen atoms in total. The van der Waals surface area contributed by atoms with Crippen molar-refractivity contribution in [2.45, 2.75) is 54.1 Å². The average molecular weight is 447 g/mol. The van der Waals surface area contributed by atoms with Crippen LogP contribution >= 0.6 is 0 Å². The fourth-order valence-corrected chi connectivity index (χ4v) is 3.63. The van der Waals surface area contributed by atoms with Gasteiger partial charge in [0.05, 0.1) is 0 Å². The van der Waals surface area contributed by atoms with Crippen LogP contribution in [0.25, 0.3) is 17.5 Å². The van der Waals surface area contributed by atoms with Gasteiger partial charge in [0.15, 0.2) is 0 Å². The number of aryl methyl sites for hydroxylation is 1. The van der Waals surface area contributed by atoms with Crippen molar-refractivity contribution in [1.82, 2.24) is 25.0 Å². The van der Waals surface area contributed by atoms with Crippen LogP contribution in [-0.2, 0) is 11.3 Å². The number of aromatic nitrogens is 4. The molecule has 0 aliphatic heterocycles. The highest BCUT2D eigenvalue weighted by atomic mass is 16.5. The Bertz CT molecular complexity index is 1180. The van der Waals surface area contributed by atoms with Gasteiger partial charge in [-0.1, -0.05) is 32.9 Å². The predicted octanol–water partition coefficient (Wildman–Crippen LogP) is 4.63. The van der Waals surface area contributed by atoms with E-state index in [4.69, 9.17) is 4.52 Å². The number of carbonyl (C=O) groups excluding carboxylic acids is 1. The zero-order valence-electron chi connectivity index (χ0n) is 20.0. The summed E-state index contributed by atoms with van der Waals surface area (Å²) in [6.45, 7) is 13.1. The Morgan fingerprint density at radius 3 is 2.67 bits per heavy atom. The van der Waals surface area contributed by atoms with Gasteiger partial charge in [-0.15, -0.1) is 0 Å². The summed E-state index contributed by atoms with van der Waals surface area (Å²) in [5.74, 6) is 0.651. The maximum Gasteiger partial charge on any atom is 0.262 e. The number of amides is 1. The molecule has 3 rings (SSSR count). The lowest BCUT2D eigenvalue weighted by Gasteiger charge is -2.18. The van der Waals surface area contributed by atoms with E-state index < -0.39 is 11.9 Å². The summed E-state index contributed by atoms with van der Waals surface area (Å²) in [6.07, 6.45) is 4.95. The highest BCUT2D eigenvalue weighted by Gasteiger charge is 2.26. The van der Waals surface area contributed by atoms with Gasteiger partial charge in [-0.05, 0) is 55.5 Å². The highest BCUT2D eigenvalue weighted by molar-refractivity contribution is 6.02. The molecule has 0 spiro atoms. The van der Waals surface area contributed by atoms with Gasteiger partial charge < -0.3 is 14.4 Å². The van der Waals surface area contributed by atoms with Crippen molar-refractivity contribution in [2.75, 3.05) is 0 Å². The van der Waals surface area contributed by atoms with Gasteiger partial charge in [-0.3, -0.25) is 9.78 Å². The Hall–Kier alpha value is -3.73. The van der Waals surface area contributed by atoms with Crippen molar-refractivity contribution >= 4 is 12.0 Å². The Morgan fingerprint density at radius 1 is 1.30 bits per heavy atom. The summed E-state index contributed by atoms with van der Waals surface area (Å²) in [4.78, 5) is 21.5. The number of pyridine rings is 1. The number of nitrogens with one attached hydrogen (secondary N) is 1. The minimum absolute atomic E-state index is 0.0254. The number of carbonyl (C=O) groups is 1. The molecule has 0 aromatic carbocycles. The van der Waals surface area contributed by atoms with Gasteiger partial charge in [0, 0.05) is 35.9 Å². The van der Waals surface area contributed by atoms with Crippen LogP contribution in [-0.4, -0.2) is 25.6 Å². The molecular weight excluding hydrogens is 416 g/mol. The molecule has 3 aromatic rings. The first-order valence-corrected chi connectivity index (χ1v) is 11.0. The molecule has 8 heteroatoms. The molecule has 0 radical (unpaired) electrons. The maximum absolute atomic E-state index is 13.0. The SMILES string of the molecule is Cc1cc(/C=C(\C#N)C(=O)NC(c2nc(-c3cccnc3)no2)C(C)C)c(C)n1CC(C)C. The smallest absolute Gasteiger partial charge is 0.262 e. The minimum Gasteiger partial charge on any atom is -0.348 e. The van der Waals surface area contributed by atoms with E-state index in [9.17, 15) is 10.1 Å². The van der Waals surface area contributed by atoms with Crippen molar-refractivity contribution in [3.05, 3.63) is 59.0 Å². The van der Waals surface area contributed by atoms with E-state index in [1.165, 1.54) is 0 Å². The second-order valence-electron chi connectivity index (χ2n) is 8.89. The lowest BCUT2D eigenvalue weighted by atomic mass is 10.0. The van der Waals surface area contributed by atoms with Gasteiger partial charge in [-0.2, -0.15) is 10.2 Å². The number of rotatable bonds is 8. The summed E-state index contributed by atoms with van der Waals surface area (Å²) in [7, 11) is 0. The van der Waals surface area contributed by atoms with Gasteiger partial charge in [0.1, 0.15) is 17.7 Å². The number of nitrogens with zero attached hydrogens (tertiary/aromatic N) is 5. The maximum atomic E-state index is 13.0. The molecule has 0 aliphatic carbocycles. The topological polar surface area (TPSA) is 110 Å². The van der Waals surface area contributed by atoms with E-state index in [1.54, 1.807) is 24.5 Å². The van der Waals surface area contributed by atoms with E-state index >= 15 is 0 Å². The van der Waals surface area contributed by atoms with Gasteiger partial charge >= 0.3 is 0 Å². The fraction of sp³-hybridized carbons (Fsp3) is 0.400. The second-order valence-corrected chi connectivity index (χ2v) is 8.89. The number of nitriles is 1. The Kier molecular flexibility index (Phi) is 7.44. The van der Waals surface area contributed by atoms with Crippen LogP contribution < -0.4 is 5.32 Å². The molecule has 1 atom stereocenters. The largest absolute Gasteiger partial charge is 0.348 e. The van der Waals surface area contributed by atoms with Crippen LogP contribution in [0.2, 0.25) is 0 Å². The lowest BCUT2D eigenvalue weighted by molar-refractivity contribution is -0.118. The van der Waals surface area contributed by atoms with Crippen LogP contribution in [0, 0.1) is 37.0 Å². The number of hydrogen-bond acceptors (Lipinski definition) is 6. The van der Waals surface area contributed by atoms with Crippen molar-refractivity contribution in [3.8, 4) is 17.5 Å². The molecule has 3 heterocycles. The molecule has 1 amide bonds. The molecule has 0 fully saturated rings. The molecular formula is C25H30N6O2. The molecule has 0 bridgehead atoms. The van der Waals surface area contributed by atoms with Gasteiger partial charge in [-0.25, -0.2) is 0 Å². The average Bonchev–Trinajstić information content (AvgIpc) is 3.36. The zero-order valence-corrected chi connectivity index (χ0v) is 20.0. The van der Waals surface area contributed by atoms with Gasteiger partial charge in [0.2, 0.25) is 11.7 Å². The van der Waals surface area contributed by atoms with Crippen molar-refractivity contribution in [1.29, 1.82) is 5.26 Å². The third-order valence-corrected chi connectivity index (χ3v) is 5.41. The summed E-state index contributed by atoms with van der Waals surface area (Å²) >= 11 is 0. The standard InChI is InChI=1S/C25H30N6O2/c1-15(2)14-31-17(5)10-20(18(31)6)11-21(12-26)24(32)28-22(16(3)4)25-29-23(30-33-25)19-8-7-9-27-13-19/h7-11,13,15-16,22H,14H2,1-6H3,(H,28,32)/b21-11+. The summed E-state index contributed by atoms with van der Waals surface area (Å²) in [5, 5.41) is 16.6. The predicted molar refractivity (Wildman–Crippen MR) is 126 cm³/mol. The first kappa shape index (κ1) is 23.9. The van der Waals surface area contributed by atoms with Crippen molar-refractivity contribution in [2.24, 2.45) is 11.8 Å². The molecule has 1 N–H and O–H groups in total. The molecule has 172 valence electrons. The summed E-state index contributed by atoms with van der Waals surface area (Å²) in [6, 6.07) is 7.12. The van der Waals surface area contributed by atoms with E-state index in [-0.39, 0.29) is 17.4 Å². The Labute approximate surface area is 194 Å². The molecule has 0 saturated carbocycles. The van der Waals surface area contributed by atoms with Crippen molar-refractivity contribution in [3.63, 3.8) is 0 Å². The van der Waals surface area contributed by atoms with Gasteiger partial charge in [0.25, 0.3) is 5.91 Å². The normalized spacial score (nSPS) is 12.8. The Morgan fingerprint density at radius 2 is 2.06 bits per heavy atom. The fourth-order valence-electron chi connectivity index (χ4n) is 3.63. The zero-order chi connectivity index (χ0) is 24.1. The molecule has 1 unspecified atom stereocenters. The van der Waals surface area contributed by atoms with Crippen LogP contribution in [0.5, 0.6) is 0 Å². The monoisotopic (exact) mass is 446 g/mol. The van der Waals surface area contributed by atoms with Crippen LogP contribution in [0.3, 0.4) is 0 Å². The summed E-state index contributed by atoms with van der Waals surface area (Å²) in [5.41, 5.74) is 3.73. The third kappa shape index (κ3) is 5.55. The van der Waals surface area contributed by atoms with E-state index in [0.29, 0.717) is 11.7 Å². The molecule has 0 aliphatic rings. The minimum atomic E-state index is -0.541. The molecule has 3 aromatic heterocycles. The van der Waals surface area contributed by atoms with Crippen molar-refractivity contribution < 1.29 is 9.32 Å². The van der Waals surface area contributed by atoms with E-state index in [0.717, 1.165) is 29.1 Å². The third-order valence-electron chi connectivity index (χ3n) is 5.41. The first-order valence-electron chi connectivity index (χ1n) is 11.0. The van der Waals surface area contributed by atoms with Crippen LogP contribution in [0.4, 0.5) is 0 Å². The van der Waals surface area contributed by atoms with E-state index in [1.807, 2.05) is 45.9 Å². The molecule has 0 saturated heterocycles. The van der Waals surface area contributed by atoms with Crippen LogP contribution in [0.15, 0.2) is 40.7 Å². The van der Waals surface area contributed by atoms with E-state index in [2.05, 4.69) is 38.9 Å². The molecule has 33 heavy (non-hydrogen) atoms.